The number of furan rings is 1. The van der Waals surface area contributed by atoms with Crippen LogP contribution >= 0.6 is 0 Å². The molecule has 0 atom stereocenters. The van der Waals surface area contributed by atoms with Crippen molar-refractivity contribution in [1.29, 1.82) is 0 Å². The molecule has 0 unspecified atom stereocenters. The summed E-state index contributed by atoms with van der Waals surface area (Å²) in [6.07, 6.45) is 1.50. The van der Waals surface area contributed by atoms with Crippen molar-refractivity contribution in [1.82, 2.24) is 5.32 Å². The van der Waals surface area contributed by atoms with Gasteiger partial charge in [-0.1, -0.05) is 42.5 Å². The van der Waals surface area contributed by atoms with Crippen molar-refractivity contribution in [3.05, 3.63) is 72.2 Å². The van der Waals surface area contributed by atoms with E-state index >= 15 is 0 Å². The monoisotopic (exact) mass is 343 g/mol. The van der Waals surface area contributed by atoms with Crippen LogP contribution in [0.4, 0.5) is 0 Å². The summed E-state index contributed by atoms with van der Waals surface area (Å²) in [7, 11) is -3.56. The molecule has 0 bridgehead atoms. The van der Waals surface area contributed by atoms with Gasteiger partial charge in [0.1, 0.15) is 11.5 Å². The van der Waals surface area contributed by atoms with E-state index in [2.05, 4.69) is 5.32 Å². The number of benzene rings is 2. The van der Waals surface area contributed by atoms with Gasteiger partial charge in [0.2, 0.25) is 5.91 Å². The molecular weight excluding hydrogens is 326 g/mol. The second-order valence-corrected chi connectivity index (χ2v) is 7.59. The first-order chi connectivity index (χ1) is 11.5. The average molecular weight is 343 g/mol. The van der Waals surface area contributed by atoms with Gasteiger partial charge in [-0.25, -0.2) is 8.42 Å². The van der Waals surface area contributed by atoms with E-state index in [0.29, 0.717) is 11.3 Å². The highest BCUT2D eigenvalue weighted by atomic mass is 32.2. The standard InChI is InChI=1S/C18H17NO4S/c20-18(19-11-16-8-4-10-23-16)13-24(21,22)12-15-7-3-6-14-5-1-2-9-17(14)15/h1-10H,11-13H2,(H,19,20). The quantitative estimate of drug-likeness (QED) is 0.746. The Morgan fingerprint density at radius 3 is 2.58 bits per heavy atom. The fraction of sp³-hybridized carbons (Fsp3) is 0.167. The van der Waals surface area contributed by atoms with Gasteiger partial charge in [0.25, 0.3) is 0 Å². The van der Waals surface area contributed by atoms with E-state index in [1.54, 1.807) is 18.2 Å². The van der Waals surface area contributed by atoms with Crippen molar-refractivity contribution in [3.63, 3.8) is 0 Å². The molecule has 0 aliphatic carbocycles. The van der Waals surface area contributed by atoms with E-state index in [1.165, 1.54) is 6.26 Å². The van der Waals surface area contributed by atoms with Crippen LogP contribution in [0, 0.1) is 0 Å². The van der Waals surface area contributed by atoms with Gasteiger partial charge < -0.3 is 9.73 Å². The van der Waals surface area contributed by atoms with Crippen LogP contribution in [-0.2, 0) is 26.9 Å². The molecule has 0 saturated carbocycles. The molecular formula is C18H17NO4S. The molecule has 0 saturated heterocycles. The van der Waals surface area contributed by atoms with Gasteiger partial charge in [-0.3, -0.25) is 4.79 Å². The Hall–Kier alpha value is -2.60. The van der Waals surface area contributed by atoms with Crippen LogP contribution in [0.15, 0.2) is 65.3 Å². The second kappa shape index (κ2) is 6.88. The summed E-state index contributed by atoms with van der Waals surface area (Å²) in [6, 6.07) is 16.5. The van der Waals surface area contributed by atoms with Crippen LogP contribution in [0.3, 0.4) is 0 Å². The summed E-state index contributed by atoms with van der Waals surface area (Å²) in [5, 5.41) is 4.42. The fourth-order valence-electron chi connectivity index (χ4n) is 2.56. The molecule has 0 spiro atoms. The number of carbonyl (C=O) groups is 1. The topological polar surface area (TPSA) is 76.4 Å². The maximum atomic E-state index is 12.3. The van der Waals surface area contributed by atoms with Crippen molar-refractivity contribution in [3.8, 4) is 0 Å². The Balaban J connectivity index is 1.68. The Morgan fingerprint density at radius 2 is 1.79 bits per heavy atom. The lowest BCUT2D eigenvalue weighted by molar-refractivity contribution is -0.118. The molecule has 1 N–H and O–H groups in total. The number of rotatable bonds is 6. The predicted molar refractivity (Wildman–Crippen MR) is 92.0 cm³/mol. The molecule has 1 aromatic heterocycles. The first-order valence-corrected chi connectivity index (χ1v) is 9.32. The highest BCUT2D eigenvalue weighted by Gasteiger charge is 2.18. The summed E-state index contributed by atoms with van der Waals surface area (Å²) >= 11 is 0. The third-order valence-electron chi connectivity index (χ3n) is 3.65. The SMILES string of the molecule is O=C(CS(=O)(=O)Cc1cccc2ccccc12)NCc1ccco1. The molecule has 3 aromatic rings. The van der Waals surface area contributed by atoms with Crippen molar-refractivity contribution in [2.24, 2.45) is 0 Å². The number of hydrogen-bond acceptors (Lipinski definition) is 4. The molecule has 2 aromatic carbocycles. The maximum Gasteiger partial charge on any atom is 0.235 e. The Bertz CT molecular complexity index is 941. The summed E-state index contributed by atoms with van der Waals surface area (Å²) < 4.78 is 29.8. The zero-order valence-electron chi connectivity index (χ0n) is 12.9. The van der Waals surface area contributed by atoms with E-state index in [-0.39, 0.29) is 12.3 Å². The van der Waals surface area contributed by atoms with Crippen LogP contribution in [0.5, 0.6) is 0 Å². The number of sulfone groups is 1. The van der Waals surface area contributed by atoms with E-state index in [0.717, 1.165) is 10.8 Å². The molecule has 6 heteroatoms. The van der Waals surface area contributed by atoms with Crippen molar-refractivity contribution < 1.29 is 17.6 Å². The molecule has 0 aliphatic rings. The highest BCUT2D eigenvalue weighted by Crippen LogP contribution is 2.20. The van der Waals surface area contributed by atoms with Gasteiger partial charge in [-0.05, 0) is 28.5 Å². The summed E-state index contributed by atoms with van der Waals surface area (Å²) in [5.74, 6) is -0.666. The predicted octanol–water partition coefficient (Wildman–Crippen LogP) is 2.66. The fourth-order valence-corrected chi connectivity index (χ4v) is 3.89. The van der Waals surface area contributed by atoms with Crippen molar-refractivity contribution >= 4 is 26.5 Å². The molecule has 1 amide bonds. The lowest BCUT2D eigenvalue weighted by atomic mass is 10.1. The minimum Gasteiger partial charge on any atom is -0.467 e. The van der Waals surface area contributed by atoms with Crippen LogP contribution in [-0.4, -0.2) is 20.1 Å². The molecule has 0 aliphatic heterocycles. The minimum absolute atomic E-state index is 0.164. The highest BCUT2D eigenvalue weighted by molar-refractivity contribution is 7.91. The van der Waals surface area contributed by atoms with E-state index < -0.39 is 21.5 Å². The first kappa shape index (κ1) is 16.3. The zero-order chi connectivity index (χ0) is 17.0. The van der Waals surface area contributed by atoms with Gasteiger partial charge in [0.15, 0.2) is 9.84 Å². The third kappa shape index (κ3) is 4.02. The van der Waals surface area contributed by atoms with Gasteiger partial charge in [0.05, 0.1) is 18.6 Å². The molecule has 0 radical (unpaired) electrons. The van der Waals surface area contributed by atoms with Crippen LogP contribution in [0.1, 0.15) is 11.3 Å². The summed E-state index contributed by atoms with van der Waals surface area (Å²) in [6.45, 7) is 0.176. The number of hydrogen-bond donors (Lipinski definition) is 1. The molecule has 124 valence electrons. The van der Waals surface area contributed by atoms with Crippen LogP contribution in [0.2, 0.25) is 0 Å². The summed E-state index contributed by atoms with van der Waals surface area (Å²) in [5.41, 5.74) is 0.701. The van der Waals surface area contributed by atoms with Crippen molar-refractivity contribution in [2.75, 3.05) is 5.75 Å². The Labute approximate surface area is 140 Å². The second-order valence-electron chi connectivity index (χ2n) is 5.53. The van der Waals surface area contributed by atoms with Gasteiger partial charge in [-0.15, -0.1) is 0 Å². The van der Waals surface area contributed by atoms with E-state index in [1.807, 2.05) is 36.4 Å². The molecule has 5 nitrogen and oxygen atoms in total. The minimum atomic E-state index is -3.56. The van der Waals surface area contributed by atoms with E-state index in [9.17, 15) is 13.2 Å². The average Bonchev–Trinajstić information content (AvgIpc) is 3.06. The molecule has 3 rings (SSSR count). The summed E-state index contributed by atoms with van der Waals surface area (Å²) in [4.78, 5) is 11.9. The zero-order valence-corrected chi connectivity index (χ0v) is 13.8. The normalized spacial score (nSPS) is 11.5. The Kier molecular flexibility index (Phi) is 4.66. The first-order valence-electron chi connectivity index (χ1n) is 7.50. The third-order valence-corrected chi connectivity index (χ3v) is 5.10. The number of amides is 1. The van der Waals surface area contributed by atoms with Crippen LogP contribution < -0.4 is 5.32 Å². The molecule has 0 fully saturated rings. The smallest absolute Gasteiger partial charge is 0.235 e. The van der Waals surface area contributed by atoms with Crippen molar-refractivity contribution in [2.45, 2.75) is 12.3 Å². The number of nitrogens with one attached hydrogen (secondary N) is 1. The van der Waals surface area contributed by atoms with Crippen LogP contribution in [0.25, 0.3) is 10.8 Å². The number of fused-ring (bicyclic) bond motifs is 1. The van der Waals surface area contributed by atoms with Gasteiger partial charge in [-0.2, -0.15) is 0 Å². The van der Waals surface area contributed by atoms with E-state index in [4.69, 9.17) is 4.42 Å². The largest absolute Gasteiger partial charge is 0.467 e. The lowest BCUT2D eigenvalue weighted by Gasteiger charge is -2.08. The number of carbonyl (C=O) groups excluding carboxylic acids is 1. The lowest BCUT2D eigenvalue weighted by Crippen LogP contribution is -2.30. The van der Waals surface area contributed by atoms with Gasteiger partial charge in [0, 0.05) is 0 Å². The Morgan fingerprint density at radius 1 is 1.00 bits per heavy atom. The maximum absolute atomic E-state index is 12.3. The molecule has 1 heterocycles. The van der Waals surface area contributed by atoms with Gasteiger partial charge >= 0.3 is 0 Å². The molecule has 24 heavy (non-hydrogen) atoms.